The van der Waals surface area contributed by atoms with Gasteiger partial charge in [0.1, 0.15) is 11.6 Å². The molecule has 0 aromatic carbocycles. The van der Waals surface area contributed by atoms with Gasteiger partial charge in [-0.2, -0.15) is 4.31 Å². The molecule has 3 heterocycles. The van der Waals surface area contributed by atoms with Crippen LogP contribution in [-0.4, -0.2) is 33.8 Å². The third kappa shape index (κ3) is 2.15. The number of hydrazine groups is 1. The number of sulfonamides is 1. The Bertz CT molecular complexity index is 726. The molecule has 0 atom stereocenters. The van der Waals surface area contributed by atoms with E-state index in [0.29, 0.717) is 18.9 Å². The van der Waals surface area contributed by atoms with E-state index >= 15 is 0 Å². The highest BCUT2D eigenvalue weighted by atomic mass is 32.2. The predicted octanol–water partition coefficient (Wildman–Crippen LogP) is -0.232. The van der Waals surface area contributed by atoms with E-state index in [1.807, 2.05) is 10.8 Å². The molecule has 2 aromatic rings. The van der Waals surface area contributed by atoms with E-state index in [4.69, 9.17) is 5.84 Å². The Labute approximate surface area is 116 Å². The summed E-state index contributed by atoms with van der Waals surface area (Å²) >= 11 is 0. The highest BCUT2D eigenvalue weighted by Gasteiger charge is 2.29. The minimum absolute atomic E-state index is 0.167. The van der Waals surface area contributed by atoms with Crippen LogP contribution in [0.4, 0.5) is 5.82 Å². The van der Waals surface area contributed by atoms with E-state index < -0.39 is 10.0 Å². The number of fused-ring (bicyclic) bond motifs is 1. The summed E-state index contributed by atoms with van der Waals surface area (Å²) in [5.74, 6) is 6.31. The maximum Gasteiger partial charge on any atom is 0.243 e. The van der Waals surface area contributed by atoms with Crippen LogP contribution in [0, 0.1) is 0 Å². The lowest BCUT2D eigenvalue weighted by atomic mass is 10.4. The van der Waals surface area contributed by atoms with Gasteiger partial charge in [-0.15, -0.1) is 0 Å². The first kappa shape index (κ1) is 13.0. The van der Waals surface area contributed by atoms with Gasteiger partial charge in [0, 0.05) is 37.7 Å². The molecular weight excluding hydrogens is 280 g/mol. The van der Waals surface area contributed by atoms with Crippen LogP contribution in [0.5, 0.6) is 0 Å². The zero-order valence-electron chi connectivity index (χ0n) is 10.6. The largest absolute Gasteiger partial charge is 0.333 e. The summed E-state index contributed by atoms with van der Waals surface area (Å²) in [4.78, 5) is 8.24. The number of hydrogen-bond acceptors (Lipinski definition) is 6. The number of imidazole rings is 1. The van der Waals surface area contributed by atoms with Crippen LogP contribution in [-0.2, 0) is 23.1 Å². The predicted molar refractivity (Wildman–Crippen MR) is 71.9 cm³/mol. The first-order valence-corrected chi connectivity index (χ1v) is 7.48. The molecule has 0 bridgehead atoms. The lowest BCUT2D eigenvalue weighted by molar-refractivity contribution is 0.335. The molecule has 3 rings (SSSR count). The Kier molecular flexibility index (Phi) is 3.16. The minimum Gasteiger partial charge on any atom is -0.333 e. The van der Waals surface area contributed by atoms with Gasteiger partial charge in [0.2, 0.25) is 10.0 Å². The first-order valence-electron chi connectivity index (χ1n) is 6.04. The lowest BCUT2D eigenvalue weighted by Crippen LogP contribution is -2.38. The Balaban J connectivity index is 1.93. The van der Waals surface area contributed by atoms with E-state index in [2.05, 4.69) is 15.4 Å². The average molecular weight is 294 g/mol. The molecule has 3 N–H and O–H groups in total. The second-order valence-electron chi connectivity index (χ2n) is 4.40. The Morgan fingerprint density at radius 2 is 2.10 bits per heavy atom. The van der Waals surface area contributed by atoms with Gasteiger partial charge in [-0.05, 0) is 6.07 Å². The molecule has 0 radical (unpaired) electrons. The van der Waals surface area contributed by atoms with Crippen LogP contribution in [0.1, 0.15) is 5.82 Å². The molecule has 0 amide bonds. The Hall–Kier alpha value is -1.97. The zero-order valence-corrected chi connectivity index (χ0v) is 11.4. The van der Waals surface area contributed by atoms with E-state index in [9.17, 15) is 8.42 Å². The number of nitrogens with zero attached hydrogens (tertiary/aromatic N) is 4. The molecule has 2 aromatic heterocycles. The summed E-state index contributed by atoms with van der Waals surface area (Å²) in [6, 6.07) is 2.87. The number of hydrogen-bond donors (Lipinski definition) is 2. The molecular formula is C11H14N6O2S. The van der Waals surface area contributed by atoms with Crippen molar-refractivity contribution in [1.29, 1.82) is 0 Å². The normalized spacial score (nSPS) is 15.8. The maximum absolute atomic E-state index is 12.6. The molecule has 8 nitrogen and oxygen atoms in total. The first-order chi connectivity index (χ1) is 9.61. The second-order valence-corrected chi connectivity index (χ2v) is 6.33. The molecule has 106 valence electrons. The van der Waals surface area contributed by atoms with Crippen molar-refractivity contribution < 1.29 is 8.42 Å². The van der Waals surface area contributed by atoms with E-state index in [0.717, 1.165) is 5.82 Å². The van der Waals surface area contributed by atoms with Crippen LogP contribution in [0.15, 0.2) is 35.6 Å². The number of pyridine rings is 1. The van der Waals surface area contributed by atoms with Gasteiger partial charge < -0.3 is 9.99 Å². The van der Waals surface area contributed by atoms with Gasteiger partial charge in [-0.25, -0.2) is 24.2 Å². The molecule has 9 heteroatoms. The fraction of sp³-hybridized carbons (Fsp3) is 0.273. The molecule has 20 heavy (non-hydrogen) atoms. The van der Waals surface area contributed by atoms with Crippen molar-refractivity contribution in [2.45, 2.75) is 18.0 Å². The third-order valence-electron chi connectivity index (χ3n) is 3.23. The summed E-state index contributed by atoms with van der Waals surface area (Å²) in [5.41, 5.74) is 2.34. The fourth-order valence-electron chi connectivity index (χ4n) is 2.16. The van der Waals surface area contributed by atoms with Crippen molar-refractivity contribution in [2.24, 2.45) is 5.84 Å². The van der Waals surface area contributed by atoms with Crippen molar-refractivity contribution in [3.8, 4) is 0 Å². The Morgan fingerprint density at radius 3 is 2.90 bits per heavy atom. The molecule has 0 saturated carbocycles. The highest BCUT2D eigenvalue weighted by Crippen LogP contribution is 2.21. The molecule has 0 saturated heterocycles. The van der Waals surface area contributed by atoms with Crippen molar-refractivity contribution in [1.82, 2.24) is 18.8 Å². The fourth-order valence-corrected chi connectivity index (χ4v) is 3.56. The van der Waals surface area contributed by atoms with Gasteiger partial charge in [0.15, 0.2) is 0 Å². The lowest BCUT2D eigenvalue weighted by Gasteiger charge is -2.26. The topological polar surface area (TPSA) is 106 Å². The summed E-state index contributed by atoms with van der Waals surface area (Å²) < 4.78 is 28.5. The SMILES string of the molecule is NNc1cc(S(=O)(=O)N2CCn3ccnc3C2)ccn1. The van der Waals surface area contributed by atoms with E-state index in [1.165, 1.54) is 22.6 Å². The molecule has 1 aliphatic rings. The summed E-state index contributed by atoms with van der Waals surface area (Å²) in [5, 5.41) is 0. The summed E-state index contributed by atoms with van der Waals surface area (Å²) in [7, 11) is -3.57. The number of aromatic nitrogens is 3. The summed E-state index contributed by atoms with van der Waals surface area (Å²) in [6.07, 6.45) is 4.93. The van der Waals surface area contributed by atoms with E-state index in [-0.39, 0.29) is 11.4 Å². The molecule has 0 unspecified atom stereocenters. The molecule has 0 aliphatic carbocycles. The number of rotatable bonds is 3. The van der Waals surface area contributed by atoms with Crippen molar-refractivity contribution in [3.63, 3.8) is 0 Å². The van der Waals surface area contributed by atoms with Crippen LogP contribution >= 0.6 is 0 Å². The molecule has 0 spiro atoms. The zero-order chi connectivity index (χ0) is 14.2. The number of anilines is 1. The number of nitrogens with two attached hydrogens (primary N) is 1. The van der Waals surface area contributed by atoms with Crippen LogP contribution in [0.2, 0.25) is 0 Å². The average Bonchev–Trinajstić information content (AvgIpc) is 2.94. The quantitative estimate of drug-likeness (QED) is 0.598. The summed E-state index contributed by atoms with van der Waals surface area (Å²) in [6.45, 7) is 1.28. The van der Waals surface area contributed by atoms with Crippen molar-refractivity contribution in [2.75, 3.05) is 12.0 Å². The van der Waals surface area contributed by atoms with Gasteiger partial charge in [0.05, 0.1) is 11.4 Å². The molecule has 1 aliphatic heterocycles. The van der Waals surface area contributed by atoms with Crippen molar-refractivity contribution >= 4 is 15.8 Å². The smallest absolute Gasteiger partial charge is 0.243 e. The number of nitrogens with one attached hydrogen (secondary N) is 1. The third-order valence-corrected chi connectivity index (χ3v) is 5.07. The standard InChI is InChI=1S/C11H14N6O2S/c12-15-10-7-9(1-2-13-10)20(18,19)17-6-5-16-4-3-14-11(16)8-17/h1-4,7H,5-6,8,12H2,(H,13,15). The number of nitrogen functional groups attached to an aromatic ring is 1. The maximum atomic E-state index is 12.6. The van der Waals surface area contributed by atoms with Crippen molar-refractivity contribution in [3.05, 3.63) is 36.5 Å². The van der Waals surface area contributed by atoms with Gasteiger partial charge in [0.25, 0.3) is 0 Å². The Morgan fingerprint density at radius 1 is 1.25 bits per heavy atom. The van der Waals surface area contributed by atoms with Crippen LogP contribution < -0.4 is 11.3 Å². The van der Waals surface area contributed by atoms with Crippen LogP contribution in [0.25, 0.3) is 0 Å². The molecule has 0 fully saturated rings. The minimum atomic E-state index is -3.57. The second kappa shape index (κ2) is 4.85. The van der Waals surface area contributed by atoms with E-state index in [1.54, 1.807) is 6.20 Å². The monoisotopic (exact) mass is 294 g/mol. The van der Waals surface area contributed by atoms with Gasteiger partial charge in [-0.1, -0.05) is 0 Å². The van der Waals surface area contributed by atoms with Gasteiger partial charge >= 0.3 is 0 Å². The highest BCUT2D eigenvalue weighted by molar-refractivity contribution is 7.89. The van der Waals surface area contributed by atoms with Gasteiger partial charge in [-0.3, -0.25) is 0 Å². The van der Waals surface area contributed by atoms with Crippen LogP contribution in [0.3, 0.4) is 0 Å².